The van der Waals surface area contributed by atoms with Crippen molar-refractivity contribution >= 4 is 21.9 Å². The maximum absolute atomic E-state index is 11.9. The van der Waals surface area contributed by atoms with E-state index in [1.165, 1.54) is 7.11 Å². The number of rotatable bonds is 3. The molecule has 1 aromatic heterocycles. The lowest BCUT2D eigenvalue weighted by Crippen LogP contribution is -2.30. The molecule has 0 aliphatic heterocycles. The summed E-state index contributed by atoms with van der Waals surface area (Å²) < 4.78 is 5.87. The zero-order valence-electron chi connectivity index (χ0n) is 11.7. The Bertz CT molecular complexity index is 638. The predicted molar refractivity (Wildman–Crippen MR) is 82.4 cm³/mol. The van der Waals surface area contributed by atoms with Crippen molar-refractivity contribution in [2.24, 2.45) is 0 Å². The number of hydrogen-bond donors (Lipinski definition) is 0. The number of carbonyl (C=O) groups excluding carboxylic acids is 1. The first-order valence-corrected chi connectivity index (χ1v) is 7.04. The molecular formula is C16H16BrNO2. The first kappa shape index (κ1) is 14.7. The lowest BCUT2D eigenvalue weighted by atomic mass is 9.85. The monoisotopic (exact) mass is 333 g/mol. The van der Waals surface area contributed by atoms with Gasteiger partial charge in [0.1, 0.15) is 0 Å². The molecule has 104 valence electrons. The van der Waals surface area contributed by atoms with Crippen LogP contribution in [0.3, 0.4) is 0 Å². The topological polar surface area (TPSA) is 39.2 Å². The van der Waals surface area contributed by atoms with Gasteiger partial charge in [0.25, 0.3) is 0 Å². The van der Waals surface area contributed by atoms with E-state index in [0.29, 0.717) is 0 Å². The predicted octanol–water partition coefficient (Wildman–Crippen LogP) is 3.96. The van der Waals surface area contributed by atoms with Gasteiger partial charge in [0.05, 0.1) is 12.5 Å². The zero-order valence-corrected chi connectivity index (χ0v) is 13.3. The van der Waals surface area contributed by atoms with Crippen LogP contribution in [0.15, 0.2) is 47.2 Å². The molecule has 0 atom stereocenters. The van der Waals surface area contributed by atoms with Gasteiger partial charge in [0.15, 0.2) is 0 Å². The molecule has 0 radical (unpaired) electrons. The average molecular weight is 334 g/mol. The summed E-state index contributed by atoms with van der Waals surface area (Å²) >= 11 is 3.46. The van der Waals surface area contributed by atoms with Gasteiger partial charge in [-0.1, -0.05) is 28.1 Å². The van der Waals surface area contributed by atoms with Crippen molar-refractivity contribution < 1.29 is 9.53 Å². The molecule has 2 aromatic rings. The van der Waals surface area contributed by atoms with Crippen molar-refractivity contribution in [3.8, 4) is 11.1 Å². The smallest absolute Gasteiger partial charge is 0.315 e. The Kier molecular flexibility index (Phi) is 4.23. The highest BCUT2D eigenvalue weighted by atomic mass is 79.9. The highest BCUT2D eigenvalue weighted by Gasteiger charge is 2.31. The molecule has 20 heavy (non-hydrogen) atoms. The largest absolute Gasteiger partial charge is 0.468 e. The van der Waals surface area contributed by atoms with Crippen molar-refractivity contribution in [1.29, 1.82) is 0 Å². The summed E-state index contributed by atoms with van der Waals surface area (Å²) in [6, 6.07) is 9.95. The molecule has 4 heteroatoms. The Hall–Kier alpha value is -1.68. The molecule has 1 aromatic carbocycles. The minimum Gasteiger partial charge on any atom is -0.468 e. The van der Waals surface area contributed by atoms with Crippen LogP contribution in [0, 0.1) is 0 Å². The number of benzene rings is 1. The normalized spacial score (nSPS) is 11.2. The Labute approximate surface area is 127 Å². The van der Waals surface area contributed by atoms with E-state index in [2.05, 4.69) is 20.9 Å². The molecule has 0 bridgehead atoms. The molecule has 0 N–H and O–H groups in total. The minimum atomic E-state index is -0.718. The standard InChI is InChI=1S/C16H16BrNO2/c1-16(2,15(19)20-3)13-7-12(9-18-10-13)11-5-4-6-14(17)8-11/h4-10H,1-3H3. The zero-order chi connectivity index (χ0) is 14.8. The third-order valence-electron chi connectivity index (χ3n) is 3.31. The number of pyridine rings is 1. The van der Waals surface area contributed by atoms with Crippen LogP contribution in [-0.2, 0) is 14.9 Å². The van der Waals surface area contributed by atoms with Gasteiger partial charge in [0, 0.05) is 22.4 Å². The second kappa shape index (κ2) is 5.75. The van der Waals surface area contributed by atoms with Crippen LogP contribution < -0.4 is 0 Å². The molecule has 0 amide bonds. The summed E-state index contributed by atoms with van der Waals surface area (Å²) in [7, 11) is 1.40. The van der Waals surface area contributed by atoms with Crippen LogP contribution in [0.1, 0.15) is 19.4 Å². The Balaban J connectivity index is 2.45. The fourth-order valence-corrected chi connectivity index (χ4v) is 2.38. The summed E-state index contributed by atoms with van der Waals surface area (Å²) in [5.74, 6) is -0.273. The molecule has 3 nitrogen and oxygen atoms in total. The fraction of sp³-hybridized carbons (Fsp3) is 0.250. The number of ether oxygens (including phenoxy) is 1. The first-order chi connectivity index (χ1) is 9.45. The molecule has 0 aliphatic carbocycles. The average Bonchev–Trinajstić information content (AvgIpc) is 2.46. The molecule has 0 unspecified atom stereocenters. The molecule has 2 rings (SSSR count). The SMILES string of the molecule is COC(=O)C(C)(C)c1cncc(-c2cccc(Br)c2)c1. The van der Waals surface area contributed by atoms with E-state index in [1.807, 2.05) is 44.2 Å². The summed E-state index contributed by atoms with van der Waals surface area (Å²) in [6.07, 6.45) is 3.50. The second-order valence-corrected chi connectivity index (χ2v) is 6.00. The number of carbonyl (C=O) groups is 1. The minimum absolute atomic E-state index is 0.273. The van der Waals surface area contributed by atoms with Crippen LogP contribution in [0.4, 0.5) is 0 Å². The molecule has 1 heterocycles. The molecule has 0 spiro atoms. The molecule has 0 fully saturated rings. The Morgan fingerprint density at radius 2 is 1.95 bits per heavy atom. The van der Waals surface area contributed by atoms with E-state index in [1.54, 1.807) is 12.4 Å². The van der Waals surface area contributed by atoms with E-state index >= 15 is 0 Å². The van der Waals surface area contributed by atoms with Gasteiger partial charge in [-0.25, -0.2) is 0 Å². The molecular weight excluding hydrogens is 318 g/mol. The van der Waals surface area contributed by atoms with Gasteiger partial charge < -0.3 is 4.74 Å². The maximum atomic E-state index is 11.9. The summed E-state index contributed by atoms with van der Waals surface area (Å²) in [6.45, 7) is 3.67. The van der Waals surface area contributed by atoms with Crippen molar-refractivity contribution in [3.05, 3.63) is 52.8 Å². The molecule has 0 saturated carbocycles. The highest BCUT2D eigenvalue weighted by molar-refractivity contribution is 9.10. The maximum Gasteiger partial charge on any atom is 0.315 e. The van der Waals surface area contributed by atoms with Crippen LogP contribution in [0.5, 0.6) is 0 Å². The number of hydrogen-bond acceptors (Lipinski definition) is 3. The van der Waals surface area contributed by atoms with Crippen LogP contribution in [0.2, 0.25) is 0 Å². The van der Waals surface area contributed by atoms with Gasteiger partial charge in [0.2, 0.25) is 0 Å². The number of halogens is 1. The van der Waals surface area contributed by atoms with E-state index in [-0.39, 0.29) is 5.97 Å². The van der Waals surface area contributed by atoms with E-state index in [0.717, 1.165) is 21.2 Å². The lowest BCUT2D eigenvalue weighted by molar-refractivity contribution is -0.146. The summed E-state index contributed by atoms with van der Waals surface area (Å²) in [4.78, 5) is 16.1. The van der Waals surface area contributed by atoms with E-state index in [4.69, 9.17) is 4.74 Å². The van der Waals surface area contributed by atoms with Crippen molar-refractivity contribution in [3.63, 3.8) is 0 Å². The van der Waals surface area contributed by atoms with Gasteiger partial charge in [-0.3, -0.25) is 9.78 Å². The van der Waals surface area contributed by atoms with Crippen LogP contribution >= 0.6 is 15.9 Å². The van der Waals surface area contributed by atoms with Crippen LogP contribution in [-0.4, -0.2) is 18.1 Å². The fourth-order valence-electron chi connectivity index (χ4n) is 1.98. The van der Waals surface area contributed by atoms with Crippen molar-refractivity contribution in [2.75, 3.05) is 7.11 Å². The Morgan fingerprint density at radius 1 is 1.20 bits per heavy atom. The number of nitrogens with zero attached hydrogens (tertiary/aromatic N) is 1. The number of esters is 1. The van der Waals surface area contributed by atoms with Gasteiger partial charge >= 0.3 is 5.97 Å². The van der Waals surface area contributed by atoms with Crippen LogP contribution in [0.25, 0.3) is 11.1 Å². The quantitative estimate of drug-likeness (QED) is 0.798. The first-order valence-electron chi connectivity index (χ1n) is 6.25. The summed E-state index contributed by atoms with van der Waals surface area (Å²) in [5, 5.41) is 0. The van der Waals surface area contributed by atoms with Gasteiger partial charge in [-0.2, -0.15) is 0 Å². The lowest BCUT2D eigenvalue weighted by Gasteiger charge is -2.22. The second-order valence-electron chi connectivity index (χ2n) is 5.09. The molecule has 0 saturated heterocycles. The van der Waals surface area contributed by atoms with Gasteiger partial charge in [-0.15, -0.1) is 0 Å². The number of aromatic nitrogens is 1. The number of methoxy groups -OCH3 is 1. The summed E-state index contributed by atoms with van der Waals surface area (Å²) in [5.41, 5.74) is 2.14. The third kappa shape index (κ3) is 2.90. The van der Waals surface area contributed by atoms with Crippen molar-refractivity contribution in [1.82, 2.24) is 4.98 Å². The van der Waals surface area contributed by atoms with E-state index < -0.39 is 5.41 Å². The van der Waals surface area contributed by atoms with Gasteiger partial charge in [-0.05, 0) is 43.2 Å². The van der Waals surface area contributed by atoms with Crippen molar-refractivity contribution in [2.45, 2.75) is 19.3 Å². The third-order valence-corrected chi connectivity index (χ3v) is 3.81. The van der Waals surface area contributed by atoms with E-state index in [9.17, 15) is 4.79 Å². The molecule has 0 aliphatic rings. The Morgan fingerprint density at radius 3 is 2.60 bits per heavy atom. The highest BCUT2D eigenvalue weighted by Crippen LogP contribution is 2.29.